The summed E-state index contributed by atoms with van der Waals surface area (Å²) in [6.07, 6.45) is 3.41. The number of fused-ring (bicyclic) bond motifs is 1. The van der Waals surface area contributed by atoms with Crippen molar-refractivity contribution in [3.05, 3.63) is 29.7 Å². The van der Waals surface area contributed by atoms with E-state index >= 15 is 0 Å². The van der Waals surface area contributed by atoms with Crippen molar-refractivity contribution in [2.75, 3.05) is 13.1 Å². The van der Waals surface area contributed by atoms with Crippen LogP contribution < -0.4 is 0 Å². The molecule has 0 radical (unpaired) electrons. The molecule has 19 heavy (non-hydrogen) atoms. The van der Waals surface area contributed by atoms with Gasteiger partial charge in [-0.25, -0.2) is 4.98 Å². The molecular weight excluding hydrogens is 240 g/mol. The molecule has 0 N–H and O–H groups in total. The van der Waals surface area contributed by atoms with E-state index in [0.717, 1.165) is 49.3 Å². The van der Waals surface area contributed by atoms with Crippen LogP contribution >= 0.6 is 0 Å². The Balaban J connectivity index is 1.72. The molecule has 4 heteroatoms. The first-order valence-electron chi connectivity index (χ1n) is 6.92. The molecule has 1 amide bonds. The summed E-state index contributed by atoms with van der Waals surface area (Å²) in [5.41, 5.74) is 2.98. The lowest BCUT2D eigenvalue weighted by Crippen LogP contribution is -2.26. The third-order valence-electron chi connectivity index (χ3n) is 3.64. The minimum absolute atomic E-state index is 0.288. The normalized spacial score (nSPS) is 15.6. The number of aromatic nitrogens is 1. The number of benzene rings is 1. The number of amides is 1. The number of hydrogen-bond donors (Lipinski definition) is 0. The van der Waals surface area contributed by atoms with Crippen LogP contribution in [-0.4, -0.2) is 28.9 Å². The third-order valence-corrected chi connectivity index (χ3v) is 3.64. The van der Waals surface area contributed by atoms with Crippen LogP contribution in [0.15, 0.2) is 22.6 Å². The van der Waals surface area contributed by atoms with Gasteiger partial charge >= 0.3 is 0 Å². The molecule has 1 saturated heterocycles. The highest BCUT2D eigenvalue weighted by atomic mass is 16.3. The van der Waals surface area contributed by atoms with Crippen molar-refractivity contribution in [2.24, 2.45) is 0 Å². The van der Waals surface area contributed by atoms with Gasteiger partial charge in [0.1, 0.15) is 5.52 Å². The summed E-state index contributed by atoms with van der Waals surface area (Å²) in [6, 6.07) is 6.11. The first-order chi connectivity index (χ1) is 9.26. The predicted octanol–water partition coefficient (Wildman–Crippen LogP) is 2.56. The monoisotopic (exact) mass is 258 g/mol. The molecule has 0 aliphatic carbocycles. The molecule has 1 aromatic carbocycles. The zero-order valence-corrected chi connectivity index (χ0v) is 11.2. The van der Waals surface area contributed by atoms with Crippen molar-refractivity contribution in [3.8, 4) is 0 Å². The average Bonchev–Trinajstić information content (AvgIpc) is 3.01. The highest BCUT2D eigenvalue weighted by molar-refractivity contribution is 5.78. The van der Waals surface area contributed by atoms with Crippen molar-refractivity contribution < 1.29 is 9.21 Å². The number of oxazole rings is 1. The summed E-state index contributed by atoms with van der Waals surface area (Å²) in [7, 11) is 0. The largest absolute Gasteiger partial charge is 0.441 e. The van der Waals surface area contributed by atoms with Gasteiger partial charge in [-0.15, -0.1) is 0 Å². The number of carbonyl (C=O) groups excluding carboxylic acids is 1. The van der Waals surface area contributed by atoms with Crippen LogP contribution in [0.3, 0.4) is 0 Å². The van der Waals surface area contributed by atoms with E-state index in [0.29, 0.717) is 6.42 Å². The Morgan fingerprint density at radius 1 is 1.42 bits per heavy atom. The van der Waals surface area contributed by atoms with E-state index in [9.17, 15) is 4.79 Å². The molecule has 1 aromatic heterocycles. The van der Waals surface area contributed by atoms with E-state index in [1.54, 1.807) is 0 Å². The molecular formula is C15H18N2O2. The van der Waals surface area contributed by atoms with Gasteiger partial charge in [0.2, 0.25) is 5.91 Å². The van der Waals surface area contributed by atoms with E-state index in [4.69, 9.17) is 4.42 Å². The third kappa shape index (κ3) is 2.48. The van der Waals surface area contributed by atoms with Gasteiger partial charge in [-0.1, -0.05) is 13.0 Å². The highest BCUT2D eigenvalue weighted by Crippen LogP contribution is 2.18. The summed E-state index contributed by atoms with van der Waals surface area (Å²) in [6.45, 7) is 3.75. The van der Waals surface area contributed by atoms with Gasteiger partial charge in [0.25, 0.3) is 0 Å². The Morgan fingerprint density at radius 3 is 3.05 bits per heavy atom. The number of likely N-dealkylation sites (tertiary alicyclic amines) is 1. The fourth-order valence-corrected chi connectivity index (χ4v) is 2.53. The predicted molar refractivity (Wildman–Crippen MR) is 72.9 cm³/mol. The van der Waals surface area contributed by atoms with Crippen molar-refractivity contribution in [3.63, 3.8) is 0 Å². The average molecular weight is 258 g/mol. The quantitative estimate of drug-likeness (QED) is 0.846. The molecule has 4 nitrogen and oxygen atoms in total. The van der Waals surface area contributed by atoms with Gasteiger partial charge in [0, 0.05) is 25.9 Å². The summed E-state index contributed by atoms with van der Waals surface area (Å²) < 4.78 is 5.59. The van der Waals surface area contributed by atoms with Crippen LogP contribution in [0.1, 0.15) is 31.2 Å². The molecule has 3 rings (SSSR count). The van der Waals surface area contributed by atoms with Gasteiger partial charge in [0.15, 0.2) is 11.5 Å². The number of nitrogens with zero attached hydrogens (tertiary/aromatic N) is 2. The second-order valence-electron chi connectivity index (χ2n) is 5.00. The van der Waals surface area contributed by atoms with Gasteiger partial charge in [-0.05, 0) is 30.5 Å². The zero-order chi connectivity index (χ0) is 13.2. The number of carbonyl (C=O) groups is 1. The maximum Gasteiger partial charge on any atom is 0.222 e. The topological polar surface area (TPSA) is 46.3 Å². The van der Waals surface area contributed by atoms with Crippen LogP contribution in [-0.2, 0) is 17.6 Å². The Hall–Kier alpha value is -1.84. The minimum atomic E-state index is 0.288. The molecule has 100 valence electrons. The molecule has 1 aliphatic heterocycles. The van der Waals surface area contributed by atoms with Crippen LogP contribution in [0.4, 0.5) is 0 Å². The van der Waals surface area contributed by atoms with Crippen LogP contribution in [0.5, 0.6) is 0 Å². The fraction of sp³-hybridized carbons (Fsp3) is 0.467. The number of hydrogen-bond acceptors (Lipinski definition) is 3. The van der Waals surface area contributed by atoms with E-state index in [1.807, 2.05) is 17.9 Å². The smallest absolute Gasteiger partial charge is 0.222 e. The summed E-state index contributed by atoms with van der Waals surface area (Å²) >= 11 is 0. The molecule has 2 heterocycles. The molecule has 0 saturated carbocycles. The lowest BCUT2D eigenvalue weighted by Gasteiger charge is -2.14. The molecule has 2 aromatic rings. The van der Waals surface area contributed by atoms with Crippen molar-refractivity contribution in [1.82, 2.24) is 9.88 Å². The minimum Gasteiger partial charge on any atom is -0.441 e. The Morgan fingerprint density at radius 2 is 2.32 bits per heavy atom. The van der Waals surface area contributed by atoms with E-state index in [-0.39, 0.29) is 5.91 Å². The van der Waals surface area contributed by atoms with E-state index in [2.05, 4.69) is 17.1 Å². The fourth-order valence-electron chi connectivity index (χ4n) is 2.53. The molecule has 0 atom stereocenters. The first-order valence-corrected chi connectivity index (χ1v) is 6.92. The summed E-state index contributed by atoms with van der Waals surface area (Å²) in [5, 5.41) is 0. The molecule has 0 unspecified atom stereocenters. The standard InChI is InChI=1S/C15H18N2O2/c1-2-14-16-12-10-11(5-6-13(12)19-14)7-9-17-8-3-4-15(17)18/h5-6,10H,2-4,7-9H2,1H3. The lowest BCUT2D eigenvalue weighted by molar-refractivity contribution is -0.127. The Kier molecular flexibility index (Phi) is 3.23. The van der Waals surface area contributed by atoms with Crippen molar-refractivity contribution in [1.29, 1.82) is 0 Å². The van der Waals surface area contributed by atoms with E-state index < -0.39 is 0 Å². The SMILES string of the molecule is CCc1nc2cc(CCN3CCCC3=O)ccc2o1. The second kappa shape index (κ2) is 5.03. The zero-order valence-electron chi connectivity index (χ0n) is 11.2. The molecule has 0 bridgehead atoms. The van der Waals surface area contributed by atoms with Gasteiger partial charge in [-0.2, -0.15) is 0 Å². The summed E-state index contributed by atoms with van der Waals surface area (Å²) in [5.74, 6) is 1.07. The maximum absolute atomic E-state index is 11.5. The van der Waals surface area contributed by atoms with Crippen molar-refractivity contribution in [2.45, 2.75) is 32.6 Å². The molecule has 1 aliphatic rings. The number of aryl methyl sites for hydroxylation is 1. The van der Waals surface area contributed by atoms with Crippen LogP contribution in [0.2, 0.25) is 0 Å². The van der Waals surface area contributed by atoms with Gasteiger partial charge < -0.3 is 9.32 Å². The number of rotatable bonds is 4. The van der Waals surface area contributed by atoms with Crippen molar-refractivity contribution >= 4 is 17.0 Å². The first kappa shape index (κ1) is 12.2. The second-order valence-corrected chi connectivity index (χ2v) is 5.00. The summed E-state index contributed by atoms with van der Waals surface area (Å²) in [4.78, 5) is 17.9. The van der Waals surface area contributed by atoms with E-state index in [1.165, 1.54) is 5.56 Å². The van der Waals surface area contributed by atoms with Gasteiger partial charge in [0.05, 0.1) is 0 Å². The highest BCUT2D eigenvalue weighted by Gasteiger charge is 2.19. The lowest BCUT2D eigenvalue weighted by atomic mass is 10.1. The Labute approximate surface area is 112 Å². The molecule has 0 spiro atoms. The molecule has 1 fully saturated rings. The Bertz CT molecular complexity index is 603. The maximum atomic E-state index is 11.5. The van der Waals surface area contributed by atoms with Crippen LogP contribution in [0.25, 0.3) is 11.1 Å². The van der Waals surface area contributed by atoms with Crippen LogP contribution in [0, 0.1) is 0 Å². The van der Waals surface area contributed by atoms with Gasteiger partial charge in [-0.3, -0.25) is 4.79 Å².